The van der Waals surface area contributed by atoms with E-state index in [9.17, 15) is 14.3 Å². The molecule has 21 heavy (non-hydrogen) atoms. The van der Waals surface area contributed by atoms with Gasteiger partial charge in [-0.15, -0.1) is 0 Å². The molecule has 0 aromatic heterocycles. The first-order chi connectivity index (χ1) is 9.53. The number of likely N-dealkylation sites (N-methyl/N-ethyl adjacent to an activating group) is 1. The summed E-state index contributed by atoms with van der Waals surface area (Å²) in [5, 5.41) is 0. The third-order valence-electron chi connectivity index (χ3n) is 2.38. The number of esters is 1. The third kappa shape index (κ3) is 12.7. The Morgan fingerprint density at radius 3 is 2.19 bits per heavy atom. The van der Waals surface area contributed by atoms with Gasteiger partial charge in [0.1, 0.15) is 13.2 Å². The molecule has 0 heterocycles. The second-order valence-electron chi connectivity index (χ2n) is 5.75. The van der Waals surface area contributed by atoms with Crippen molar-refractivity contribution in [1.82, 2.24) is 0 Å². The van der Waals surface area contributed by atoms with Crippen molar-refractivity contribution in [2.45, 2.75) is 19.8 Å². The first-order valence-corrected chi connectivity index (χ1v) is 8.23. The van der Waals surface area contributed by atoms with E-state index >= 15 is 0 Å². The van der Waals surface area contributed by atoms with E-state index in [1.807, 2.05) is 21.1 Å². The molecule has 0 rings (SSSR count). The molecule has 0 radical (unpaired) electrons. The minimum atomic E-state index is -4.24. The maximum Gasteiger partial charge on any atom is 0.333 e. The lowest BCUT2D eigenvalue weighted by Crippen LogP contribution is -2.37. The average molecular weight is 323 g/mol. The van der Waals surface area contributed by atoms with Gasteiger partial charge in [0.15, 0.2) is 0 Å². The summed E-state index contributed by atoms with van der Waals surface area (Å²) in [5.74, 6) is -0.450. The van der Waals surface area contributed by atoms with E-state index in [-0.39, 0.29) is 19.8 Å². The number of unbranched alkanes of at least 4 members (excludes halogenated alkanes) is 1. The van der Waals surface area contributed by atoms with Crippen LogP contribution in [0.2, 0.25) is 0 Å². The zero-order valence-electron chi connectivity index (χ0n) is 13.3. The van der Waals surface area contributed by atoms with Gasteiger partial charge >= 0.3 is 5.97 Å². The lowest BCUT2D eigenvalue weighted by Gasteiger charge is -2.27. The molecule has 0 saturated heterocycles. The van der Waals surface area contributed by atoms with Crippen molar-refractivity contribution in [3.05, 3.63) is 12.2 Å². The zero-order chi connectivity index (χ0) is 16.5. The van der Waals surface area contributed by atoms with Gasteiger partial charge in [0.25, 0.3) is 7.82 Å². The van der Waals surface area contributed by atoms with Crippen LogP contribution in [0.5, 0.6) is 0 Å². The number of hydrogen-bond acceptors (Lipinski definition) is 6. The summed E-state index contributed by atoms with van der Waals surface area (Å²) in [6.07, 6.45) is 0.965. The van der Waals surface area contributed by atoms with Gasteiger partial charge in [-0.3, -0.25) is 4.57 Å². The lowest BCUT2D eigenvalue weighted by atomic mass is 10.3. The molecule has 0 aliphatic rings. The summed E-state index contributed by atoms with van der Waals surface area (Å²) >= 11 is 0. The number of phosphoric acid groups is 1. The van der Waals surface area contributed by atoms with Crippen molar-refractivity contribution in [3.63, 3.8) is 0 Å². The van der Waals surface area contributed by atoms with E-state index in [2.05, 4.69) is 6.58 Å². The molecule has 0 bridgehead atoms. The number of nitrogens with zero attached hydrogens (tertiary/aromatic N) is 1. The van der Waals surface area contributed by atoms with Gasteiger partial charge in [0.2, 0.25) is 0 Å². The Bertz CT molecular complexity index is 391. The van der Waals surface area contributed by atoms with Crippen LogP contribution >= 0.6 is 7.82 Å². The van der Waals surface area contributed by atoms with Crippen LogP contribution in [0.4, 0.5) is 0 Å². The number of carbonyl (C=O) groups is 1. The third-order valence-corrected chi connectivity index (χ3v) is 3.38. The van der Waals surface area contributed by atoms with E-state index < -0.39 is 13.8 Å². The Morgan fingerprint density at radius 2 is 1.67 bits per heavy atom. The molecular weight excluding hydrogens is 297 g/mol. The first-order valence-electron chi connectivity index (χ1n) is 6.77. The van der Waals surface area contributed by atoms with E-state index in [1.165, 1.54) is 0 Å². The van der Waals surface area contributed by atoms with E-state index in [4.69, 9.17) is 13.8 Å². The predicted octanol–water partition coefficient (Wildman–Crippen LogP) is 1.09. The molecule has 1 atom stereocenters. The fraction of sp³-hybridized carbons (Fsp3) is 0.769. The van der Waals surface area contributed by atoms with E-state index in [0.29, 0.717) is 29.4 Å². The van der Waals surface area contributed by atoms with Gasteiger partial charge in [0, 0.05) is 5.57 Å². The Morgan fingerprint density at radius 1 is 1.14 bits per heavy atom. The van der Waals surface area contributed by atoms with Crippen LogP contribution in [0.3, 0.4) is 0 Å². The van der Waals surface area contributed by atoms with Crippen LogP contribution in [0.25, 0.3) is 0 Å². The second kappa shape index (κ2) is 9.33. The monoisotopic (exact) mass is 323 g/mol. The molecule has 0 amide bonds. The van der Waals surface area contributed by atoms with Gasteiger partial charge < -0.3 is 23.2 Å². The Hall–Kier alpha value is -0.720. The zero-order valence-corrected chi connectivity index (χ0v) is 14.2. The van der Waals surface area contributed by atoms with E-state index in [0.717, 1.165) is 0 Å². The average Bonchev–Trinajstić information content (AvgIpc) is 2.30. The topological polar surface area (TPSA) is 84.9 Å². The van der Waals surface area contributed by atoms with Crippen LogP contribution in [0.1, 0.15) is 19.8 Å². The molecule has 8 heteroatoms. The Kier molecular flexibility index (Phi) is 9.01. The summed E-state index contributed by atoms with van der Waals surface area (Å²) in [4.78, 5) is 22.5. The van der Waals surface area contributed by atoms with Crippen LogP contribution < -0.4 is 4.89 Å². The SMILES string of the molecule is C=C(C)C(=O)OCCCCOP(=O)([O-])OCC[N+](C)(C)C. The minimum absolute atomic E-state index is 0.00970. The van der Waals surface area contributed by atoms with Crippen molar-refractivity contribution >= 4 is 13.8 Å². The summed E-state index contributed by atoms with van der Waals surface area (Å²) in [6.45, 7) is 5.88. The number of hydrogen-bond donors (Lipinski definition) is 0. The Labute approximate surface area is 126 Å². The molecule has 0 fully saturated rings. The summed E-state index contributed by atoms with van der Waals surface area (Å²) in [6, 6.07) is 0. The molecule has 0 saturated carbocycles. The van der Waals surface area contributed by atoms with Crippen molar-refractivity contribution in [1.29, 1.82) is 0 Å². The maximum atomic E-state index is 11.4. The van der Waals surface area contributed by atoms with Crippen molar-refractivity contribution in [2.75, 3.05) is 47.5 Å². The van der Waals surface area contributed by atoms with Gasteiger partial charge in [-0.2, -0.15) is 0 Å². The van der Waals surface area contributed by atoms with Crippen LogP contribution in [0, 0.1) is 0 Å². The molecule has 0 aliphatic carbocycles. The van der Waals surface area contributed by atoms with Crippen LogP contribution in [-0.2, 0) is 23.1 Å². The molecule has 124 valence electrons. The lowest BCUT2D eigenvalue weighted by molar-refractivity contribution is -0.870. The maximum absolute atomic E-state index is 11.4. The number of quaternary nitrogens is 1. The van der Waals surface area contributed by atoms with E-state index in [1.54, 1.807) is 6.92 Å². The number of rotatable bonds is 11. The van der Waals surface area contributed by atoms with Crippen LogP contribution in [0.15, 0.2) is 12.2 Å². The molecule has 1 unspecified atom stereocenters. The molecular formula is C13H26NO6P. The Balaban J connectivity index is 3.68. The normalized spacial score (nSPS) is 14.5. The quantitative estimate of drug-likeness (QED) is 0.186. The summed E-state index contributed by atoms with van der Waals surface area (Å²) in [7, 11) is 1.57. The smallest absolute Gasteiger partial charge is 0.333 e. The van der Waals surface area contributed by atoms with Crippen molar-refractivity contribution < 1.29 is 32.5 Å². The molecule has 0 spiro atoms. The highest BCUT2D eigenvalue weighted by Crippen LogP contribution is 2.38. The van der Waals surface area contributed by atoms with Gasteiger partial charge in [-0.1, -0.05) is 6.58 Å². The van der Waals surface area contributed by atoms with Crippen molar-refractivity contribution in [3.8, 4) is 0 Å². The molecule has 0 N–H and O–H groups in total. The molecule has 0 aromatic rings. The highest BCUT2D eigenvalue weighted by molar-refractivity contribution is 7.45. The largest absolute Gasteiger partial charge is 0.756 e. The molecule has 0 aromatic carbocycles. The minimum Gasteiger partial charge on any atom is -0.756 e. The van der Waals surface area contributed by atoms with Gasteiger partial charge in [-0.25, -0.2) is 4.79 Å². The summed E-state index contributed by atoms with van der Waals surface area (Å²) in [5.41, 5.74) is 0.334. The predicted molar refractivity (Wildman–Crippen MR) is 77.4 cm³/mol. The van der Waals surface area contributed by atoms with Crippen LogP contribution in [-0.4, -0.2) is 58.0 Å². The number of phosphoric ester groups is 1. The fourth-order valence-electron chi connectivity index (χ4n) is 1.13. The van der Waals surface area contributed by atoms with Gasteiger partial charge in [0.05, 0.1) is 34.4 Å². The molecule has 0 aliphatic heterocycles. The van der Waals surface area contributed by atoms with Gasteiger partial charge in [-0.05, 0) is 19.8 Å². The van der Waals surface area contributed by atoms with Crippen molar-refractivity contribution in [2.24, 2.45) is 0 Å². The highest BCUT2D eigenvalue weighted by atomic mass is 31.2. The fourth-order valence-corrected chi connectivity index (χ4v) is 1.86. The summed E-state index contributed by atoms with van der Waals surface area (Å²) < 4.78 is 26.4. The number of carbonyl (C=O) groups excluding carboxylic acids is 1. The highest BCUT2D eigenvalue weighted by Gasteiger charge is 2.13. The standard InChI is InChI=1S/C13H26NO6P/c1-12(2)13(15)18-9-6-7-10-19-21(16,17)20-11-8-14(3,4)5/h1,6-11H2,2-5H3. The second-order valence-corrected chi connectivity index (χ2v) is 7.16. The first kappa shape index (κ1) is 20.3. The molecule has 7 nitrogen and oxygen atoms in total. The number of ether oxygens (including phenoxy) is 1.